The number of fused-ring (bicyclic) bond motifs is 1. The Hall–Kier alpha value is -4.19. The molecule has 0 spiro atoms. The Kier molecular flexibility index (Phi) is 12.6. The van der Waals surface area contributed by atoms with E-state index in [4.69, 9.17) is 19.0 Å². The van der Waals surface area contributed by atoms with Crippen molar-refractivity contribution in [2.24, 2.45) is 16.5 Å². The maximum atomic E-state index is 13.3. The summed E-state index contributed by atoms with van der Waals surface area (Å²) >= 11 is 2.33. The zero-order valence-corrected chi connectivity index (χ0v) is 30.0. The topological polar surface area (TPSA) is 204 Å². The summed E-state index contributed by atoms with van der Waals surface area (Å²) in [7, 11) is 1.23. The fourth-order valence-corrected chi connectivity index (χ4v) is 6.11. The zero-order chi connectivity index (χ0) is 36.0. The van der Waals surface area contributed by atoms with Gasteiger partial charge in [-0.1, -0.05) is 25.4 Å². The van der Waals surface area contributed by atoms with Crippen LogP contribution in [0.4, 0.5) is 9.93 Å². The van der Waals surface area contributed by atoms with E-state index in [1.807, 2.05) is 13.8 Å². The number of carbonyl (C=O) groups is 6. The number of hydrogen-bond donors (Lipinski definition) is 3. The SMILES string of the molecule is CCC(C)[C@H](NC(=O)OC(C)(C)C)C(=O)Nc1nc(/C(=N/OC)C(=O)N[C@@H]2C(=O)N3C(C(=O)OCOC(=O)C(C)(C)C)=CCS[C@H]23)cs1. The number of anilines is 1. The molecule has 1 aromatic heterocycles. The van der Waals surface area contributed by atoms with E-state index >= 15 is 0 Å². The highest BCUT2D eigenvalue weighted by atomic mass is 32.2. The van der Waals surface area contributed by atoms with Crippen molar-refractivity contribution >= 4 is 69.7 Å². The number of esters is 2. The summed E-state index contributed by atoms with van der Waals surface area (Å²) in [5.74, 6) is -3.18. The number of hydrogen-bond acceptors (Lipinski definition) is 14. The van der Waals surface area contributed by atoms with E-state index in [0.29, 0.717) is 12.2 Å². The molecule has 1 unspecified atom stereocenters. The summed E-state index contributed by atoms with van der Waals surface area (Å²) in [5.41, 5.74) is -1.77. The third kappa shape index (κ3) is 9.68. The molecule has 1 saturated heterocycles. The van der Waals surface area contributed by atoms with Crippen LogP contribution in [0.3, 0.4) is 0 Å². The van der Waals surface area contributed by atoms with Crippen molar-refractivity contribution in [1.82, 2.24) is 20.5 Å². The van der Waals surface area contributed by atoms with E-state index in [1.165, 1.54) is 35.2 Å². The zero-order valence-electron chi connectivity index (χ0n) is 28.3. The van der Waals surface area contributed by atoms with Crippen LogP contribution in [0, 0.1) is 11.3 Å². The van der Waals surface area contributed by atoms with Gasteiger partial charge in [-0.15, -0.1) is 23.1 Å². The van der Waals surface area contributed by atoms with Gasteiger partial charge in [0.25, 0.3) is 11.8 Å². The Labute approximate surface area is 286 Å². The average molecular weight is 711 g/mol. The minimum atomic E-state index is -1.01. The number of rotatable bonds is 12. The van der Waals surface area contributed by atoms with E-state index in [0.717, 1.165) is 11.3 Å². The third-order valence-corrected chi connectivity index (χ3v) is 8.82. The Morgan fingerprint density at radius 1 is 1.12 bits per heavy atom. The Balaban J connectivity index is 1.64. The van der Waals surface area contributed by atoms with Crippen molar-refractivity contribution in [3.05, 3.63) is 22.8 Å². The fraction of sp³-hybridized carbons (Fsp3) is 0.600. The molecular weight excluding hydrogens is 668 g/mol. The first kappa shape index (κ1) is 38.3. The van der Waals surface area contributed by atoms with Gasteiger partial charge in [-0.2, -0.15) is 0 Å². The van der Waals surface area contributed by atoms with E-state index in [1.54, 1.807) is 41.5 Å². The third-order valence-electron chi connectivity index (χ3n) is 6.88. The van der Waals surface area contributed by atoms with Gasteiger partial charge in [0.15, 0.2) is 10.8 Å². The van der Waals surface area contributed by atoms with Crippen LogP contribution in [0.25, 0.3) is 0 Å². The number of thiazole rings is 1. The van der Waals surface area contributed by atoms with Gasteiger partial charge < -0.3 is 35.0 Å². The number of nitrogens with zero attached hydrogens (tertiary/aromatic N) is 3. The number of ether oxygens (including phenoxy) is 3. The first-order valence-electron chi connectivity index (χ1n) is 15.0. The smallest absolute Gasteiger partial charge is 0.408 e. The molecule has 18 heteroatoms. The molecule has 1 aromatic rings. The van der Waals surface area contributed by atoms with Crippen LogP contribution in [0.2, 0.25) is 0 Å². The molecular formula is C30H42N6O10S2. The van der Waals surface area contributed by atoms with Crippen molar-refractivity contribution in [3.63, 3.8) is 0 Å². The van der Waals surface area contributed by atoms with E-state index in [9.17, 15) is 28.8 Å². The van der Waals surface area contributed by atoms with Crippen LogP contribution in [0.15, 0.2) is 22.3 Å². The Bertz CT molecular complexity index is 1480. The standard InChI is InChI=1S/C30H42N6O10S2/c1-10-15(2)18(33-28(42)46-30(6,7)8)21(37)34-27-31-16(13-48-27)19(35-43-9)22(38)32-20-23(39)36-17(11-12-47-24(20)36)25(40)44-14-45-26(41)29(3,4)5/h11,13,15,18,20,24H,10,12,14H2,1-9H3,(H,32,38)(H,33,42)(H,31,34,37)/b35-19-/t15?,18-,20+,24+/m0/s1. The molecule has 2 aliphatic heterocycles. The molecule has 0 radical (unpaired) electrons. The summed E-state index contributed by atoms with van der Waals surface area (Å²) < 4.78 is 15.3. The van der Waals surface area contributed by atoms with Crippen molar-refractivity contribution in [1.29, 1.82) is 0 Å². The number of β-lactam (4-membered cyclic amide) rings is 1. The Morgan fingerprint density at radius 2 is 1.81 bits per heavy atom. The van der Waals surface area contributed by atoms with Crippen LogP contribution in [0.1, 0.15) is 67.5 Å². The van der Waals surface area contributed by atoms with Crippen molar-refractivity contribution in [3.8, 4) is 0 Å². The van der Waals surface area contributed by atoms with Crippen molar-refractivity contribution in [2.75, 3.05) is 25.0 Å². The summed E-state index contributed by atoms with van der Waals surface area (Å²) in [6.07, 6.45) is 1.36. The Morgan fingerprint density at radius 3 is 2.42 bits per heavy atom. The van der Waals surface area contributed by atoms with Gasteiger partial charge in [0.05, 0.1) is 5.41 Å². The highest BCUT2D eigenvalue weighted by molar-refractivity contribution is 8.00. The summed E-state index contributed by atoms with van der Waals surface area (Å²) in [4.78, 5) is 87.0. The normalized spacial score (nSPS) is 19.0. The number of alkyl carbamates (subject to hydrolysis) is 1. The second-order valence-corrected chi connectivity index (χ2v) is 14.9. The molecule has 3 rings (SSSR count). The summed E-state index contributed by atoms with van der Waals surface area (Å²) in [6.45, 7) is 13.2. The molecule has 4 amide bonds. The molecule has 0 saturated carbocycles. The fourth-order valence-electron chi connectivity index (χ4n) is 4.22. The van der Waals surface area contributed by atoms with Gasteiger partial charge >= 0.3 is 18.0 Å². The molecule has 4 atom stereocenters. The van der Waals surface area contributed by atoms with Gasteiger partial charge in [-0.05, 0) is 53.5 Å². The lowest BCUT2D eigenvalue weighted by molar-refractivity contribution is -0.173. The van der Waals surface area contributed by atoms with Crippen LogP contribution in [0.5, 0.6) is 0 Å². The second kappa shape index (κ2) is 15.8. The van der Waals surface area contributed by atoms with Crippen LogP contribution >= 0.6 is 23.1 Å². The highest BCUT2D eigenvalue weighted by Gasteiger charge is 2.53. The molecule has 48 heavy (non-hydrogen) atoms. The number of thioether (sulfide) groups is 1. The van der Waals surface area contributed by atoms with Gasteiger partial charge in [0.2, 0.25) is 12.7 Å². The monoisotopic (exact) mass is 710 g/mol. The number of amides is 4. The predicted octanol–water partition coefficient (Wildman–Crippen LogP) is 2.75. The van der Waals surface area contributed by atoms with Gasteiger partial charge in [0.1, 0.15) is 41.6 Å². The predicted molar refractivity (Wildman–Crippen MR) is 177 cm³/mol. The van der Waals surface area contributed by atoms with Gasteiger partial charge in [-0.25, -0.2) is 14.6 Å². The number of carbonyl (C=O) groups excluding carboxylic acids is 6. The molecule has 0 bridgehead atoms. The maximum Gasteiger partial charge on any atom is 0.408 e. The van der Waals surface area contributed by atoms with Crippen molar-refractivity contribution in [2.45, 2.75) is 84.9 Å². The molecule has 0 aromatic carbocycles. The molecule has 16 nitrogen and oxygen atoms in total. The molecule has 3 heterocycles. The van der Waals surface area contributed by atoms with Crippen LogP contribution < -0.4 is 16.0 Å². The van der Waals surface area contributed by atoms with Crippen molar-refractivity contribution < 1.29 is 47.8 Å². The minimum Gasteiger partial charge on any atom is -0.444 e. The van der Waals surface area contributed by atoms with E-state index in [2.05, 4.69) is 26.1 Å². The number of aromatic nitrogens is 1. The lowest BCUT2D eigenvalue weighted by Gasteiger charge is -2.48. The summed E-state index contributed by atoms with van der Waals surface area (Å²) in [5, 5.41) is 12.7. The molecule has 3 N–H and O–H groups in total. The summed E-state index contributed by atoms with van der Waals surface area (Å²) in [6, 6.07) is -1.93. The molecule has 1 fully saturated rings. The lowest BCUT2D eigenvalue weighted by Crippen LogP contribution is -2.70. The first-order chi connectivity index (χ1) is 22.4. The lowest BCUT2D eigenvalue weighted by atomic mass is 9.98. The van der Waals surface area contributed by atoms with Crippen LogP contribution in [-0.2, 0) is 43.0 Å². The maximum absolute atomic E-state index is 13.3. The average Bonchev–Trinajstić information content (AvgIpc) is 3.46. The molecule has 264 valence electrons. The largest absolute Gasteiger partial charge is 0.444 e. The minimum absolute atomic E-state index is 0.0245. The number of nitrogens with one attached hydrogen (secondary N) is 3. The van der Waals surface area contributed by atoms with Gasteiger partial charge in [-0.3, -0.25) is 24.1 Å². The van der Waals surface area contributed by atoms with Gasteiger partial charge in [0, 0.05) is 11.1 Å². The highest BCUT2D eigenvalue weighted by Crippen LogP contribution is 2.38. The van der Waals surface area contributed by atoms with Crippen LogP contribution in [-0.4, -0.2) is 94.1 Å². The first-order valence-corrected chi connectivity index (χ1v) is 17.0. The molecule has 2 aliphatic rings. The van der Waals surface area contributed by atoms with E-state index in [-0.39, 0.29) is 28.2 Å². The second-order valence-electron chi connectivity index (χ2n) is 12.9. The van der Waals surface area contributed by atoms with E-state index < -0.39 is 71.0 Å². The molecule has 0 aliphatic carbocycles. The number of oxime groups is 1. The quantitative estimate of drug-likeness (QED) is 0.0942.